The summed E-state index contributed by atoms with van der Waals surface area (Å²) >= 11 is 0. The SMILES string of the molecule is CC(C)c1cc(C(=O)N(C)C2CCCCCC2)nn1C(C)(C)C. The summed E-state index contributed by atoms with van der Waals surface area (Å²) in [5, 5.41) is 4.67. The van der Waals surface area contributed by atoms with E-state index in [0.29, 0.717) is 17.7 Å². The zero-order valence-electron chi connectivity index (χ0n) is 15.7. The van der Waals surface area contributed by atoms with Crippen LogP contribution in [-0.2, 0) is 5.54 Å². The van der Waals surface area contributed by atoms with Crippen molar-refractivity contribution in [2.24, 2.45) is 0 Å². The molecule has 0 aromatic carbocycles. The van der Waals surface area contributed by atoms with E-state index in [1.165, 1.54) is 25.7 Å². The van der Waals surface area contributed by atoms with Crippen LogP contribution in [0.3, 0.4) is 0 Å². The maximum atomic E-state index is 12.9. The monoisotopic (exact) mass is 319 g/mol. The fraction of sp³-hybridized carbons (Fsp3) is 0.789. The number of rotatable bonds is 3. The molecule has 0 N–H and O–H groups in total. The summed E-state index contributed by atoms with van der Waals surface area (Å²) in [6.45, 7) is 10.7. The van der Waals surface area contributed by atoms with Crippen LogP contribution in [0.2, 0.25) is 0 Å². The first kappa shape index (κ1) is 18.0. The van der Waals surface area contributed by atoms with Gasteiger partial charge in [-0.1, -0.05) is 39.5 Å². The first-order valence-electron chi connectivity index (χ1n) is 9.09. The average molecular weight is 319 g/mol. The Kier molecular flexibility index (Phi) is 5.53. The Bertz CT molecular complexity index is 531. The highest BCUT2D eigenvalue weighted by Gasteiger charge is 2.27. The van der Waals surface area contributed by atoms with E-state index < -0.39 is 0 Å². The van der Waals surface area contributed by atoms with E-state index in [2.05, 4.69) is 39.7 Å². The highest BCUT2D eigenvalue weighted by molar-refractivity contribution is 5.92. The van der Waals surface area contributed by atoms with E-state index >= 15 is 0 Å². The molecule has 1 aromatic heterocycles. The summed E-state index contributed by atoms with van der Waals surface area (Å²) in [5.74, 6) is 0.424. The van der Waals surface area contributed by atoms with Gasteiger partial charge < -0.3 is 4.90 Å². The summed E-state index contributed by atoms with van der Waals surface area (Å²) in [6, 6.07) is 2.36. The summed E-state index contributed by atoms with van der Waals surface area (Å²) in [7, 11) is 1.95. The zero-order chi connectivity index (χ0) is 17.2. The van der Waals surface area contributed by atoms with Gasteiger partial charge in [-0.2, -0.15) is 5.10 Å². The molecule has 1 fully saturated rings. The maximum Gasteiger partial charge on any atom is 0.274 e. The summed E-state index contributed by atoms with van der Waals surface area (Å²) in [6.07, 6.45) is 7.31. The maximum absolute atomic E-state index is 12.9. The summed E-state index contributed by atoms with van der Waals surface area (Å²) < 4.78 is 2.02. The van der Waals surface area contributed by atoms with Crippen molar-refractivity contribution in [2.75, 3.05) is 7.05 Å². The van der Waals surface area contributed by atoms with Gasteiger partial charge in [-0.25, -0.2) is 0 Å². The standard InChI is InChI=1S/C19H33N3O/c1-14(2)17-13-16(20-22(17)19(3,4)5)18(23)21(6)15-11-9-7-8-10-12-15/h13-15H,7-12H2,1-6H3. The lowest BCUT2D eigenvalue weighted by Gasteiger charge is -2.26. The molecule has 1 aliphatic rings. The first-order chi connectivity index (χ1) is 10.7. The van der Waals surface area contributed by atoms with Crippen LogP contribution < -0.4 is 0 Å². The van der Waals surface area contributed by atoms with Crippen LogP contribution in [0, 0.1) is 0 Å². The van der Waals surface area contributed by atoms with Crippen molar-refractivity contribution in [1.82, 2.24) is 14.7 Å². The second kappa shape index (κ2) is 7.06. The molecule has 0 aliphatic heterocycles. The van der Waals surface area contributed by atoms with E-state index in [1.807, 2.05) is 22.7 Å². The molecule has 130 valence electrons. The lowest BCUT2D eigenvalue weighted by molar-refractivity contribution is 0.0710. The van der Waals surface area contributed by atoms with Crippen molar-refractivity contribution in [3.8, 4) is 0 Å². The van der Waals surface area contributed by atoms with Crippen molar-refractivity contribution in [3.05, 3.63) is 17.5 Å². The molecular weight excluding hydrogens is 286 g/mol. The van der Waals surface area contributed by atoms with Crippen LogP contribution in [0.25, 0.3) is 0 Å². The van der Waals surface area contributed by atoms with Gasteiger partial charge in [0.1, 0.15) is 0 Å². The van der Waals surface area contributed by atoms with Crippen LogP contribution in [-0.4, -0.2) is 33.7 Å². The molecule has 0 saturated heterocycles. The van der Waals surface area contributed by atoms with Crippen LogP contribution in [0.4, 0.5) is 0 Å². The number of nitrogens with zero attached hydrogens (tertiary/aromatic N) is 3. The minimum absolute atomic E-state index is 0.0711. The smallest absolute Gasteiger partial charge is 0.274 e. The molecule has 1 aliphatic carbocycles. The third kappa shape index (κ3) is 4.15. The summed E-state index contributed by atoms with van der Waals surface area (Å²) in [4.78, 5) is 14.9. The van der Waals surface area contributed by atoms with Crippen LogP contribution in [0.15, 0.2) is 6.07 Å². The highest BCUT2D eigenvalue weighted by Crippen LogP contribution is 2.26. The van der Waals surface area contributed by atoms with Crippen molar-refractivity contribution in [1.29, 1.82) is 0 Å². The third-order valence-electron chi connectivity index (χ3n) is 4.88. The molecule has 4 heteroatoms. The van der Waals surface area contributed by atoms with Gasteiger partial charge in [0.05, 0.1) is 5.54 Å². The van der Waals surface area contributed by atoms with E-state index in [4.69, 9.17) is 0 Å². The van der Waals surface area contributed by atoms with Crippen molar-refractivity contribution in [3.63, 3.8) is 0 Å². The second-order valence-corrected chi connectivity index (χ2v) is 8.25. The van der Waals surface area contributed by atoms with Gasteiger partial charge in [-0.15, -0.1) is 0 Å². The van der Waals surface area contributed by atoms with Gasteiger partial charge in [0.2, 0.25) is 0 Å². The number of hydrogen-bond donors (Lipinski definition) is 0. The van der Waals surface area contributed by atoms with E-state index in [1.54, 1.807) is 0 Å². The lowest BCUT2D eigenvalue weighted by Crippen LogP contribution is -2.37. The second-order valence-electron chi connectivity index (χ2n) is 8.25. The Hall–Kier alpha value is -1.32. The molecule has 1 amide bonds. The Morgan fingerprint density at radius 2 is 1.78 bits per heavy atom. The third-order valence-corrected chi connectivity index (χ3v) is 4.88. The predicted octanol–water partition coefficient (Wildman–Crippen LogP) is 4.56. The zero-order valence-corrected chi connectivity index (χ0v) is 15.7. The number of carbonyl (C=O) groups excluding carboxylic acids is 1. The quantitative estimate of drug-likeness (QED) is 0.766. The number of hydrogen-bond acceptors (Lipinski definition) is 2. The molecule has 1 saturated carbocycles. The van der Waals surface area contributed by atoms with E-state index in [9.17, 15) is 4.79 Å². The van der Waals surface area contributed by atoms with E-state index in [-0.39, 0.29) is 11.4 Å². The molecule has 0 bridgehead atoms. The predicted molar refractivity (Wildman–Crippen MR) is 94.9 cm³/mol. The molecule has 1 heterocycles. The van der Waals surface area contributed by atoms with Gasteiger partial charge in [0.25, 0.3) is 5.91 Å². The van der Waals surface area contributed by atoms with Crippen LogP contribution in [0.1, 0.15) is 95.2 Å². The summed E-state index contributed by atoms with van der Waals surface area (Å²) in [5.41, 5.74) is 1.62. The largest absolute Gasteiger partial charge is 0.337 e. The molecule has 0 unspecified atom stereocenters. The topological polar surface area (TPSA) is 38.1 Å². The van der Waals surface area contributed by atoms with Crippen molar-refractivity contribution in [2.45, 2.75) is 90.6 Å². The number of aromatic nitrogens is 2. The van der Waals surface area contributed by atoms with Gasteiger partial charge in [0.15, 0.2) is 5.69 Å². The fourth-order valence-electron chi connectivity index (χ4n) is 3.44. The van der Waals surface area contributed by atoms with Gasteiger partial charge in [-0.3, -0.25) is 9.48 Å². The Morgan fingerprint density at radius 3 is 2.22 bits per heavy atom. The van der Waals surface area contributed by atoms with Gasteiger partial charge in [0, 0.05) is 18.8 Å². The fourth-order valence-corrected chi connectivity index (χ4v) is 3.44. The Labute approximate surface area is 141 Å². The molecule has 1 aromatic rings. The normalized spacial score (nSPS) is 17.3. The Morgan fingerprint density at radius 1 is 1.22 bits per heavy atom. The molecule has 23 heavy (non-hydrogen) atoms. The Balaban J connectivity index is 2.24. The van der Waals surface area contributed by atoms with Crippen LogP contribution >= 0.6 is 0 Å². The van der Waals surface area contributed by atoms with E-state index in [0.717, 1.165) is 18.5 Å². The molecule has 0 atom stereocenters. The van der Waals surface area contributed by atoms with Gasteiger partial charge >= 0.3 is 0 Å². The number of carbonyl (C=O) groups is 1. The van der Waals surface area contributed by atoms with Gasteiger partial charge in [-0.05, 0) is 45.6 Å². The highest BCUT2D eigenvalue weighted by atomic mass is 16.2. The lowest BCUT2D eigenvalue weighted by atomic mass is 10.1. The molecule has 0 spiro atoms. The molecular formula is C19H33N3O. The molecule has 2 rings (SSSR count). The minimum atomic E-state index is -0.112. The van der Waals surface area contributed by atoms with Crippen molar-refractivity contribution >= 4 is 5.91 Å². The van der Waals surface area contributed by atoms with Crippen molar-refractivity contribution < 1.29 is 4.79 Å². The molecule has 0 radical (unpaired) electrons. The van der Waals surface area contributed by atoms with Crippen LogP contribution in [0.5, 0.6) is 0 Å². The minimum Gasteiger partial charge on any atom is -0.337 e. The first-order valence-corrected chi connectivity index (χ1v) is 9.09. The number of amides is 1. The average Bonchev–Trinajstić information content (AvgIpc) is 2.76. The molecule has 4 nitrogen and oxygen atoms in total.